The van der Waals surface area contributed by atoms with Crippen LogP contribution in [0.5, 0.6) is 0 Å². The van der Waals surface area contributed by atoms with E-state index in [1.807, 2.05) is 25.2 Å². The monoisotopic (exact) mass is 387 g/mol. The molecule has 3 aromatic rings. The van der Waals surface area contributed by atoms with Crippen LogP contribution in [0.15, 0.2) is 18.2 Å². The van der Waals surface area contributed by atoms with Crippen molar-refractivity contribution >= 4 is 35.0 Å². The van der Waals surface area contributed by atoms with Crippen LogP contribution in [0.2, 0.25) is 0 Å². The van der Waals surface area contributed by atoms with Crippen LogP contribution >= 0.6 is 12.4 Å². The lowest BCUT2D eigenvalue weighted by atomic mass is 9.95. The van der Waals surface area contributed by atoms with Crippen LogP contribution < -0.4 is 5.32 Å². The first-order valence-corrected chi connectivity index (χ1v) is 9.47. The summed E-state index contributed by atoms with van der Waals surface area (Å²) >= 11 is 0. The van der Waals surface area contributed by atoms with Gasteiger partial charge < -0.3 is 9.88 Å². The molecule has 0 aliphatic heterocycles. The van der Waals surface area contributed by atoms with Gasteiger partial charge in [0.05, 0.1) is 16.7 Å². The lowest BCUT2D eigenvalue weighted by Gasteiger charge is -2.11. The Morgan fingerprint density at radius 1 is 1.22 bits per heavy atom. The van der Waals surface area contributed by atoms with Gasteiger partial charge in [-0.1, -0.05) is 6.92 Å². The number of aromatic nitrogens is 4. The number of aryl methyl sites for hydroxylation is 4. The second-order valence-electron chi connectivity index (χ2n) is 6.89. The quantitative estimate of drug-likeness (QED) is 0.738. The van der Waals surface area contributed by atoms with Crippen molar-refractivity contribution in [1.82, 2.24) is 19.3 Å². The number of anilines is 1. The fourth-order valence-electron chi connectivity index (χ4n) is 4.04. The number of nitrogens with zero attached hydrogens (tertiary/aromatic N) is 4. The number of hydrogen-bond acceptors (Lipinski definition) is 3. The van der Waals surface area contributed by atoms with E-state index in [4.69, 9.17) is 4.98 Å². The molecule has 2 aromatic heterocycles. The van der Waals surface area contributed by atoms with Gasteiger partial charge in [0.1, 0.15) is 11.5 Å². The van der Waals surface area contributed by atoms with Gasteiger partial charge in [0.25, 0.3) is 5.91 Å². The number of carbonyl (C=O) groups is 1. The smallest absolute Gasteiger partial charge is 0.274 e. The van der Waals surface area contributed by atoms with E-state index in [0.717, 1.165) is 72.5 Å². The Morgan fingerprint density at radius 3 is 2.74 bits per heavy atom. The van der Waals surface area contributed by atoms with Crippen LogP contribution in [-0.2, 0) is 32.9 Å². The van der Waals surface area contributed by atoms with Gasteiger partial charge in [-0.15, -0.1) is 12.4 Å². The molecule has 0 atom stereocenters. The Morgan fingerprint density at radius 2 is 2.00 bits per heavy atom. The predicted molar refractivity (Wildman–Crippen MR) is 110 cm³/mol. The first-order valence-electron chi connectivity index (χ1n) is 9.47. The Labute approximate surface area is 165 Å². The van der Waals surface area contributed by atoms with E-state index >= 15 is 0 Å². The zero-order valence-corrected chi connectivity index (χ0v) is 16.9. The standard InChI is InChI=1S/C20H25N5O.ClH/c1-4-18-22-16-12-13(10-11-17(16)25(18)5-2)21-20(26)19-14-8-6-7-9-15(14)23-24(19)3;/h10-12H,4-9H2,1-3H3,(H,21,26);1H. The molecule has 0 fully saturated rings. The van der Waals surface area contributed by atoms with E-state index < -0.39 is 0 Å². The SMILES string of the molecule is CCc1nc2cc(NC(=O)c3c4c(nn3C)CCCC4)ccc2n1CC.Cl. The predicted octanol–water partition coefficient (Wildman–Crippen LogP) is 3.91. The van der Waals surface area contributed by atoms with Crippen LogP contribution in [0.1, 0.15) is 54.3 Å². The van der Waals surface area contributed by atoms with E-state index in [-0.39, 0.29) is 18.3 Å². The first kappa shape index (κ1) is 19.4. The highest BCUT2D eigenvalue weighted by molar-refractivity contribution is 6.05. The minimum atomic E-state index is -0.0897. The summed E-state index contributed by atoms with van der Waals surface area (Å²) in [6, 6.07) is 5.96. The van der Waals surface area contributed by atoms with Crippen LogP contribution in [0.25, 0.3) is 11.0 Å². The van der Waals surface area contributed by atoms with Crippen molar-refractivity contribution in [2.45, 2.75) is 52.5 Å². The summed E-state index contributed by atoms with van der Waals surface area (Å²) in [4.78, 5) is 17.6. The van der Waals surface area contributed by atoms with Crippen molar-refractivity contribution in [2.75, 3.05) is 5.32 Å². The summed E-state index contributed by atoms with van der Waals surface area (Å²) in [5.41, 5.74) is 5.69. The summed E-state index contributed by atoms with van der Waals surface area (Å²) in [5, 5.41) is 7.58. The number of imidazole rings is 1. The molecule has 0 radical (unpaired) electrons. The van der Waals surface area contributed by atoms with Crippen molar-refractivity contribution in [3.63, 3.8) is 0 Å². The second kappa shape index (κ2) is 7.72. The molecule has 0 spiro atoms. The summed E-state index contributed by atoms with van der Waals surface area (Å²) in [7, 11) is 1.85. The van der Waals surface area contributed by atoms with Gasteiger partial charge in [0.15, 0.2) is 0 Å². The molecular weight excluding hydrogens is 362 g/mol. The summed E-state index contributed by atoms with van der Waals surface area (Å²) in [5.74, 6) is 0.986. The molecule has 1 amide bonds. The van der Waals surface area contributed by atoms with Crippen molar-refractivity contribution in [1.29, 1.82) is 0 Å². The minimum Gasteiger partial charge on any atom is -0.328 e. The van der Waals surface area contributed by atoms with Crippen molar-refractivity contribution in [2.24, 2.45) is 7.05 Å². The molecule has 1 aromatic carbocycles. The van der Waals surface area contributed by atoms with Crippen LogP contribution in [-0.4, -0.2) is 25.2 Å². The largest absolute Gasteiger partial charge is 0.328 e. The van der Waals surface area contributed by atoms with Crippen molar-refractivity contribution in [3.8, 4) is 0 Å². The normalized spacial score (nSPS) is 13.3. The molecule has 4 rings (SSSR count). The fourth-order valence-corrected chi connectivity index (χ4v) is 4.04. The third kappa shape index (κ3) is 3.34. The third-order valence-corrected chi connectivity index (χ3v) is 5.25. The van der Waals surface area contributed by atoms with E-state index in [1.165, 1.54) is 0 Å². The highest BCUT2D eigenvalue weighted by Gasteiger charge is 2.24. The Balaban J connectivity index is 0.00000210. The number of hydrogen-bond donors (Lipinski definition) is 1. The molecule has 144 valence electrons. The topological polar surface area (TPSA) is 64.7 Å². The van der Waals surface area contributed by atoms with Crippen LogP contribution in [0.4, 0.5) is 5.69 Å². The van der Waals surface area contributed by atoms with Crippen LogP contribution in [0.3, 0.4) is 0 Å². The van der Waals surface area contributed by atoms with Crippen LogP contribution in [0, 0.1) is 0 Å². The molecule has 1 aliphatic carbocycles. The Kier molecular flexibility index (Phi) is 5.56. The van der Waals surface area contributed by atoms with Gasteiger partial charge in [-0.3, -0.25) is 9.48 Å². The van der Waals surface area contributed by atoms with E-state index in [2.05, 4.69) is 28.8 Å². The van der Waals surface area contributed by atoms with Gasteiger partial charge in [-0.25, -0.2) is 4.98 Å². The third-order valence-electron chi connectivity index (χ3n) is 5.25. The maximum Gasteiger partial charge on any atom is 0.274 e. The highest BCUT2D eigenvalue weighted by Crippen LogP contribution is 2.25. The van der Waals surface area contributed by atoms with Gasteiger partial charge >= 0.3 is 0 Å². The zero-order valence-electron chi connectivity index (χ0n) is 16.1. The number of rotatable bonds is 4. The number of benzene rings is 1. The molecule has 0 unspecified atom stereocenters. The lowest BCUT2D eigenvalue weighted by Crippen LogP contribution is -2.18. The average molecular weight is 388 g/mol. The molecule has 0 saturated heterocycles. The second-order valence-corrected chi connectivity index (χ2v) is 6.89. The van der Waals surface area contributed by atoms with Crippen molar-refractivity contribution in [3.05, 3.63) is 41.0 Å². The molecule has 0 bridgehead atoms. The summed E-state index contributed by atoms with van der Waals surface area (Å²) in [6.07, 6.45) is 5.08. The minimum absolute atomic E-state index is 0. The Hall–Kier alpha value is -2.34. The van der Waals surface area contributed by atoms with Gasteiger partial charge in [0.2, 0.25) is 0 Å². The molecule has 27 heavy (non-hydrogen) atoms. The van der Waals surface area contributed by atoms with Gasteiger partial charge in [0, 0.05) is 31.3 Å². The molecule has 0 saturated carbocycles. The number of amides is 1. The fraction of sp³-hybridized carbons (Fsp3) is 0.450. The van der Waals surface area contributed by atoms with E-state index in [0.29, 0.717) is 5.69 Å². The number of halogens is 1. The summed E-state index contributed by atoms with van der Waals surface area (Å²) < 4.78 is 3.95. The summed E-state index contributed by atoms with van der Waals surface area (Å²) in [6.45, 7) is 5.13. The van der Waals surface area contributed by atoms with E-state index in [9.17, 15) is 4.79 Å². The molecule has 2 heterocycles. The first-order chi connectivity index (χ1) is 12.6. The average Bonchev–Trinajstić information content (AvgIpc) is 3.17. The molecule has 6 nitrogen and oxygen atoms in total. The highest BCUT2D eigenvalue weighted by atomic mass is 35.5. The maximum atomic E-state index is 12.9. The van der Waals surface area contributed by atoms with Gasteiger partial charge in [-0.05, 0) is 50.8 Å². The molecular formula is C20H26ClN5O. The van der Waals surface area contributed by atoms with Gasteiger partial charge in [-0.2, -0.15) is 5.10 Å². The molecule has 1 aliphatic rings. The number of fused-ring (bicyclic) bond motifs is 2. The maximum absolute atomic E-state index is 12.9. The molecule has 7 heteroatoms. The zero-order chi connectivity index (χ0) is 18.3. The van der Waals surface area contributed by atoms with E-state index in [1.54, 1.807) is 4.68 Å². The van der Waals surface area contributed by atoms with Crippen molar-refractivity contribution < 1.29 is 4.79 Å². The Bertz CT molecular complexity index is 988. The number of nitrogens with one attached hydrogen (secondary N) is 1. The lowest BCUT2D eigenvalue weighted by molar-refractivity contribution is 0.101. The molecule has 1 N–H and O–H groups in total. The number of carbonyl (C=O) groups excluding carboxylic acids is 1.